The lowest BCUT2D eigenvalue weighted by Gasteiger charge is -2.21. The zero-order valence-electron chi connectivity index (χ0n) is 19.3. The van der Waals surface area contributed by atoms with Crippen molar-refractivity contribution in [3.63, 3.8) is 0 Å². The van der Waals surface area contributed by atoms with E-state index in [1.54, 1.807) is 24.3 Å². The number of amides is 1. The van der Waals surface area contributed by atoms with Gasteiger partial charge >= 0.3 is 0 Å². The highest BCUT2D eigenvalue weighted by Gasteiger charge is 2.39. The van der Waals surface area contributed by atoms with Crippen LogP contribution in [0.4, 0.5) is 0 Å². The van der Waals surface area contributed by atoms with Crippen LogP contribution in [0.3, 0.4) is 0 Å². The maximum Gasteiger partial charge on any atom is 0.231 e. The van der Waals surface area contributed by atoms with Gasteiger partial charge in [0.15, 0.2) is 11.6 Å². The molecule has 0 saturated carbocycles. The Bertz CT molecular complexity index is 1440. The summed E-state index contributed by atoms with van der Waals surface area (Å²) in [5, 5.41) is 10.7. The Morgan fingerprint density at radius 1 is 1.24 bits per heavy atom. The lowest BCUT2D eigenvalue weighted by atomic mass is 9.82. The van der Waals surface area contributed by atoms with Gasteiger partial charge in [-0.1, -0.05) is 74.7 Å². The van der Waals surface area contributed by atoms with Gasteiger partial charge in [-0.15, -0.1) is 16.9 Å². The second-order valence-corrected chi connectivity index (χ2v) is 12.4. The molecule has 2 aromatic carbocycles. The summed E-state index contributed by atoms with van der Waals surface area (Å²) in [6.45, 7) is 1.88. The number of benzene rings is 2. The highest BCUT2D eigenvalue weighted by atomic mass is 79.9. The van der Waals surface area contributed by atoms with Crippen molar-refractivity contribution in [2.24, 2.45) is 0 Å². The van der Waals surface area contributed by atoms with Crippen LogP contribution in [0.5, 0.6) is 0 Å². The third-order valence-electron chi connectivity index (χ3n) is 6.12. The number of halogens is 3. The summed E-state index contributed by atoms with van der Waals surface area (Å²) in [6.07, 6.45) is 1.97. The average molecular weight is 638 g/mol. The minimum absolute atomic E-state index is 0.00205. The fraction of sp³-hybridized carbons (Fsp3) is 0.240. The zero-order valence-corrected chi connectivity index (χ0v) is 24.0. The second kappa shape index (κ2) is 10.9. The van der Waals surface area contributed by atoms with E-state index in [1.807, 2.05) is 25.1 Å². The topological polar surface area (TPSA) is 105 Å². The van der Waals surface area contributed by atoms with Crippen molar-refractivity contribution in [1.29, 1.82) is 0 Å². The summed E-state index contributed by atoms with van der Waals surface area (Å²) in [5.74, 6) is -0.393. The fourth-order valence-electron chi connectivity index (χ4n) is 4.41. The predicted octanol–water partition coefficient (Wildman–Crippen LogP) is 5.89. The van der Waals surface area contributed by atoms with Gasteiger partial charge in [-0.05, 0) is 36.8 Å². The number of rotatable bonds is 6. The number of nitrogens with one attached hydrogen (secondary N) is 2. The van der Waals surface area contributed by atoms with E-state index in [4.69, 9.17) is 23.2 Å². The minimum atomic E-state index is -0.731. The molecule has 2 N–H and O–H groups in total. The Morgan fingerprint density at radius 3 is 2.76 bits per heavy atom. The zero-order chi connectivity index (χ0) is 26.3. The molecule has 190 valence electrons. The van der Waals surface area contributed by atoms with Crippen LogP contribution in [0.1, 0.15) is 45.4 Å². The number of allylic oxidation sites excluding steroid dienone is 1. The molecule has 0 spiro atoms. The molecule has 1 aromatic heterocycles. The SMILES string of the molecule is CC1=Cc2ccc(Br)cc2C(=O)C1c1nc(SCC(=O)NC2C(=O)CSC2c2c(Cl)cccc2Cl)n[nH]1. The molecule has 2 aliphatic rings. The van der Waals surface area contributed by atoms with Gasteiger partial charge in [-0.3, -0.25) is 19.5 Å². The molecule has 1 fully saturated rings. The van der Waals surface area contributed by atoms with Crippen LogP contribution in [-0.2, 0) is 9.59 Å². The molecule has 5 rings (SSSR count). The number of hydrogen-bond donors (Lipinski definition) is 2. The van der Waals surface area contributed by atoms with Crippen molar-refractivity contribution in [2.75, 3.05) is 11.5 Å². The molecule has 1 aliphatic heterocycles. The summed E-state index contributed by atoms with van der Waals surface area (Å²) in [7, 11) is 0. The molecule has 3 aromatic rings. The van der Waals surface area contributed by atoms with E-state index in [0.29, 0.717) is 32.2 Å². The van der Waals surface area contributed by atoms with Crippen LogP contribution in [0.2, 0.25) is 10.0 Å². The first kappa shape index (κ1) is 26.5. The van der Waals surface area contributed by atoms with Crippen LogP contribution in [0, 0.1) is 0 Å². The fourth-order valence-corrected chi connectivity index (χ4v) is 7.51. The number of carbonyl (C=O) groups excluding carboxylic acids is 3. The molecule has 0 radical (unpaired) electrons. The average Bonchev–Trinajstić information content (AvgIpc) is 3.46. The van der Waals surface area contributed by atoms with Crippen molar-refractivity contribution in [2.45, 2.75) is 29.3 Å². The number of Topliss-reactive ketones (excluding diaryl/α,β-unsaturated/α-hetero) is 2. The second-order valence-electron chi connectivity index (χ2n) is 8.59. The lowest BCUT2D eigenvalue weighted by molar-refractivity contribution is -0.124. The first-order valence-electron chi connectivity index (χ1n) is 11.2. The maximum absolute atomic E-state index is 13.2. The molecule has 3 atom stereocenters. The van der Waals surface area contributed by atoms with Gasteiger partial charge in [-0.2, -0.15) is 0 Å². The van der Waals surface area contributed by atoms with Gasteiger partial charge in [0.25, 0.3) is 0 Å². The number of hydrogen-bond acceptors (Lipinski definition) is 7. The van der Waals surface area contributed by atoms with Gasteiger partial charge in [0.05, 0.1) is 16.8 Å². The Balaban J connectivity index is 1.25. The van der Waals surface area contributed by atoms with Crippen LogP contribution >= 0.6 is 62.7 Å². The lowest BCUT2D eigenvalue weighted by Crippen LogP contribution is -2.42. The normalized spacial score (nSPS) is 21.1. The van der Waals surface area contributed by atoms with E-state index in [2.05, 4.69) is 36.4 Å². The van der Waals surface area contributed by atoms with E-state index in [9.17, 15) is 14.4 Å². The minimum Gasteiger partial charge on any atom is -0.344 e. The highest BCUT2D eigenvalue weighted by Crippen LogP contribution is 2.44. The van der Waals surface area contributed by atoms with Gasteiger partial charge in [-0.25, -0.2) is 4.98 Å². The summed E-state index contributed by atoms with van der Waals surface area (Å²) >= 11 is 18.6. The molecule has 1 saturated heterocycles. The molecule has 12 heteroatoms. The highest BCUT2D eigenvalue weighted by molar-refractivity contribution is 9.10. The molecule has 7 nitrogen and oxygen atoms in total. The van der Waals surface area contributed by atoms with Gasteiger partial charge in [0, 0.05) is 25.6 Å². The van der Waals surface area contributed by atoms with Gasteiger partial charge in [0.1, 0.15) is 17.8 Å². The van der Waals surface area contributed by atoms with E-state index in [0.717, 1.165) is 27.4 Å². The molecule has 37 heavy (non-hydrogen) atoms. The van der Waals surface area contributed by atoms with Crippen molar-refractivity contribution in [3.8, 4) is 0 Å². The Labute approximate surface area is 239 Å². The number of ketones is 2. The van der Waals surface area contributed by atoms with Crippen LogP contribution in [0.25, 0.3) is 6.08 Å². The first-order valence-corrected chi connectivity index (χ1v) is 14.8. The summed E-state index contributed by atoms with van der Waals surface area (Å²) in [4.78, 5) is 43.0. The van der Waals surface area contributed by atoms with Crippen LogP contribution in [-0.4, -0.2) is 50.2 Å². The Kier molecular flexibility index (Phi) is 7.83. The third kappa shape index (κ3) is 5.40. The number of aromatic amines is 1. The van der Waals surface area contributed by atoms with Gasteiger partial charge in [0.2, 0.25) is 11.1 Å². The van der Waals surface area contributed by atoms with Crippen molar-refractivity contribution >= 4 is 86.2 Å². The van der Waals surface area contributed by atoms with Crippen molar-refractivity contribution < 1.29 is 14.4 Å². The number of fused-ring (bicyclic) bond motifs is 1. The van der Waals surface area contributed by atoms with Crippen molar-refractivity contribution in [1.82, 2.24) is 20.5 Å². The molecule has 2 heterocycles. The Hall–Kier alpha value is -2.11. The van der Waals surface area contributed by atoms with Crippen LogP contribution < -0.4 is 5.32 Å². The predicted molar refractivity (Wildman–Crippen MR) is 151 cm³/mol. The number of nitrogens with zero attached hydrogens (tertiary/aromatic N) is 2. The standard InChI is InChI=1S/C25H19BrCl2N4O3S2/c1-11-7-12-5-6-13(26)8-14(12)22(35)19(11)24-30-25(32-31-24)37-10-18(34)29-21-17(33)9-36-23(21)20-15(27)3-2-4-16(20)28/h2-8,19,21,23H,9-10H2,1H3,(H,29,34)(H,30,31,32). The first-order chi connectivity index (χ1) is 17.7. The van der Waals surface area contributed by atoms with Gasteiger partial charge < -0.3 is 5.32 Å². The number of carbonyl (C=O) groups is 3. The molecule has 1 aliphatic carbocycles. The quantitative estimate of drug-likeness (QED) is 0.325. The number of aromatic nitrogens is 3. The molecule has 0 bridgehead atoms. The van der Waals surface area contributed by atoms with E-state index < -0.39 is 12.0 Å². The largest absolute Gasteiger partial charge is 0.344 e. The van der Waals surface area contributed by atoms with E-state index in [-0.39, 0.29) is 34.2 Å². The summed E-state index contributed by atoms with van der Waals surface area (Å²) in [5.41, 5.74) is 2.98. The number of thioether (sulfide) groups is 2. The van der Waals surface area contributed by atoms with E-state index in [1.165, 1.54) is 11.8 Å². The molecule has 3 unspecified atom stereocenters. The van der Waals surface area contributed by atoms with Crippen molar-refractivity contribution in [3.05, 3.63) is 79.0 Å². The Morgan fingerprint density at radius 2 is 2.00 bits per heavy atom. The third-order valence-corrected chi connectivity index (χ3v) is 9.44. The number of H-pyrrole nitrogens is 1. The smallest absolute Gasteiger partial charge is 0.231 e. The molecular weight excluding hydrogens is 619 g/mol. The monoisotopic (exact) mass is 636 g/mol. The summed E-state index contributed by atoms with van der Waals surface area (Å²) in [6, 6.07) is 10.0. The van der Waals surface area contributed by atoms with Crippen LogP contribution in [0.15, 0.2) is 51.6 Å². The molecular formula is C25H19BrCl2N4O3S2. The maximum atomic E-state index is 13.2. The van der Waals surface area contributed by atoms with E-state index >= 15 is 0 Å². The summed E-state index contributed by atoms with van der Waals surface area (Å²) < 4.78 is 0.823. The molecule has 1 amide bonds.